The summed E-state index contributed by atoms with van der Waals surface area (Å²) < 4.78 is 0. The van der Waals surface area contributed by atoms with Crippen LogP contribution in [0.4, 0.5) is 0 Å². The number of aliphatic carboxylic acids is 1. The fourth-order valence-corrected chi connectivity index (χ4v) is 2.98. The van der Waals surface area contributed by atoms with Crippen LogP contribution in [0, 0.1) is 5.41 Å². The van der Waals surface area contributed by atoms with Crippen molar-refractivity contribution in [1.82, 2.24) is 9.80 Å². The molecule has 4 nitrogen and oxygen atoms in total. The molecule has 1 aliphatic carbocycles. The van der Waals surface area contributed by atoms with Crippen LogP contribution in [0.25, 0.3) is 0 Å². The Kier molecular flexibility index (Phi) is 3.73. The van der Waals surface area contributed by atoms with E-state index >= 15 is 0 Å². The van der Waals surface area contributed by atoms with Gasteiger partial charge in [0.05, 0.1) is 6.42 Å². The summed E-state index contributed by atoms with van der Waals surface area (Å²) in [6, 6.07) is 0.550. The lowest BCUT2D eigenvalue weighted by Gasteiger charge is -2.31. The number of likely N-dealkylation sites (N-methyl/N-ethyl adjacent to an activating group) is 1. The topological polar surface area (TPSA) is 43.8 Å². The van der Waals surface area contributed by atoms with Crippen molar-refractivity contribution in [1.29, 1.82) is 0 Å². The molecule has 98 valence electrons. The highest BCUT2D eigenvalue weighted by Gasteiger charge is 2.46. The van der Waals surface area contributed by atoms with E-state index in [1.165, 1.54) is 6.42 Å². The number of carbonyl (C=O) groups is 1. The van der Waals surface area contributed by atoms with E-state index in [1.54, 1.807) is 0 Å². The third-order valence-corrected chi connectivity index (χ3v) is 4.21. The van der Waals surface area contributed by atoms with Crippen molar-refractivity contribution < 1.29 is 9.90 Å². The molecule has 1 heterocycles. The van der Waals surface area contributed by atoms with E-state index in [0.717, 1.165) is 39.0 Å². The van der Waals surface area contributed by atoms with Gasteiger partial charge in [-0.1, -0.05) is 0 Å². The second-order valence-corrected chi connectivity index (χ2v) is 6.01. The lowest BCUT2D eigenvalue weighted by Crippen LogP contribution is -2.41. The molecule has 2 rings (SSSR count). The Labute approximate surface area is 104 Å². The van der Waals surface area contributed by atoms with E-state index in [4.69, 9.17) is 5.11 Å². The van der Waals surface area contributed by atoms with Crippen molar-refractivity contribution in [3.63, 3.8) is 0 Å². The molecule has 2 aliphatic rings. The molecule has 0 amide bonds. The SMILES string of the molecule is CC1CN(C)CCCN1CC1(CC(=O)O)CC1. The number of hydrogen-bond donors (Lipinski definition) is 1. The molecule has 0 aromatic carbocycles. The van der Waals surface area contributed by atoms with Crippen LogP contribution in [-0.4, -0.2) is 60.1 Å². The lowest BCUT2D eigenvalue weighted by molar-refractivity contribution is -0.138. The molecule has 1 aliphatic heterocycles. The van der Waals surface area contributed by atoms with Crippen molar-refractivity contribution in [3.05, 3.63) is 0 Å². The van der Waals surface area contributed by atoms with Crippen LogP contribution in [0.2, 0.25) is 0 Å². The van der Waals surface area contributed by atoms with E-state index < -0.39 is 5.97 Å². The van der Waals surface area contributed by atoms with Gasteiger partial charge < -0.3 is 10.0 Å². The van der Waals surface area contributed by atoms with Crippen LogP contribution in [0.5, 0.6) is 0 Å². The summed E-state index contributed by atoms with van der Waals surface area (Å²) in [6.07, 6.45) is 3.74. The molecule has 1 saturated carbocycles. The molecule has 17 heavy (non-hydrogen) atoms. The summed E-state index contributed by atoms with van der Waals surface area (Å²) in [5.74, 6) is -0.637. The largest absolute Gasteiger partial charge is 0.481 e. The highest BCUT2D eigenvalue weighted by atomic mass is 16.4. The van der Waals surface area contributed by atoms with Crippen LogP contribution < -0.4 is 0 Å². The van der Waals surface area contributed by atoms with Gasteiger partial charge in [-0.15, -0.1) is 0 Å². The molecule has 0 aromatic heterocycles. The zero-order valence-electron chi connectivity index (χ0n) is 11.0. The monoisotopic (exact) mass is 240 g/mol. The van der Waals surface area contributed by atoms with Gasteiger partial charge in [-0.05, 0) is 51.7 Å². The second kappa shape index (κ2) is 4.94. The summed E-state index contributed by atoms with van der Waals surface area (Å²) >= 11 is 0. The maximum atomic E-state index is 10.9. The zero-order chi connectivity index (χ0) is 12.5. The van der Waals surface area contributed by atoms with Gasteiger partial charge in [0, 0.05) is 19.1 Å². The first-order chi connectivity index (χ1) is 8.01. The summed E-state index contributed by atoms with van der Waals surface area (Å²) in [7, 11) is 2.17. The standard InChI is InChI=1S/C13H24N2O2/c1-11-9-14(2)6-3-7-15(11)10-13(4-5-13)8-12(16)17/h11H,3-10H2,1-2H3,(H,16,17). The number of rotatable bonds is 4. The molecule has 1 N–H and O–H groups in total. The van der Waals surface area contributed by atoms with Gasteiger partial charge in [0.25, 0.3) is 0 Å². The highest BCUT2D eigenvalue weighted by Crippen LogP contribution is 2.49. The van der Waals surface area contributed by atoms with Crippen molar-refractivity contribution in [2.24, 2.45) is 5.41 Å². The second-order valence-electron chi connectivity index (χ2n) is 6.01. The molecule has 2 fully saturated rings. The number of nitrogens with zero attached hydrogens (tertiary/aromatic N) is 2. The van der Waals surface area contributed by atoms with Crippen LogP contribution in [0.3, 0.4) is 0 Å². The van der Waals surface area contributed by atoms with E-state index in [0.29, 0.717) is 12.5 Å². The number of hydrogen-bond acceptors (Lipinski definition) is 3. The molecule has 1 atom stereocenters. The van der Waals surface area contributed by atoms with Gasteiger partial charge in [0.15, 0.2) is 0 Å². The third kappa shape index (κ3) is 3.42. The average molecular weight is 240 g/mol. The molecule has 0 spiro atoms. The average Bonchev–Trinajstić information content (AvgIpc) is 2.95. The van der Waals surface area contributed by atoms with Crippen molar-refractivity contribution >= 4 is 5.97 Å². The smallest absolute Gasteiger partial charge is 0.303 e. The van der Waals surface area contributed by atoms with Gasteiger partial charge in [-0.2, -0.15) is 0 Å². The van der Waals surface area contributed by atoms with Gasteiger partial charge in [0.1, 0.15) is 0 Å². The van der Waals surface area contributed by atoms with Gasteiger partial charge in [-0.3, -0.25) is 9.69 Å². The molecule has 4 heteroatoms. The lowest BCUT2D eigenvalue weighted by atomic mass is 10.0. The third-order valence-electron chi connectivity index (χ3n) is 4.21. The Morgan fingerprint density at radius 1 is 1.41 bits per heavy atom. The molecule has 0 bridgehead atoms. The first kappa shape index (κ1) is 12.8. The first-order valence-corrected chi connectivity index (χ1v) is 6.65. The fraction of sp³-hybridized carbons (Fsp3) is 0.923. The van der Waals surface area contributed by atoms with Gasteiger partial charge in [0.2, 0.25) is 0 Å². The molecule has 1 unspecified atom stereocenters. The van der Waals surface area contributed by atoms with Crippen molar-refractivity contribution in [2.75, 3.05) is 33.2 Å². The Morgan fingerprint density at radius 2 is 2.12 bits per heavy atom. The van der Waals surface area contributed by atoms with E-state index in [9.17, 15) is 4.79 Å². The predicted octanol–water partition coefficient (Wildman–Crippen LogP) is 1.27. The number of carboxylic acids is 1. The highest BCUT2D eigenvalue weighted by molar-refractivity contribution is 5.68. The summed E-state index contributed by atoms with van der Waals surface area (Å²) in [6.45, 7) is 6.62. The maximum Gasteiger partial charge on any atom is 0.303 e. The van der Waals surface area contributed by atoms with Crippen molar-refractivity contribution in [2.45, 2.75) is 38.6 Å². The Bertz CT molecular complexity index is 289. The van der Waals surface area contributed by atoms with E-state index in [2.05, 4.69) is 23.8 Å². The molecular formula is C13H24N2O2. The molecule has 1 saturated heterocycles. The van der Waals surface area contributed by atoms with Crippen LogP contribution in [0.1, 0.15) is 32.6 Å². The minimum atomic E-state index is -0.637. The Morgan fingerprint density at radius 3 is 2.71 bits per heavy atom. The van der Waals surface area contributed by atoms with E-state index in [-0.39, 0.29) is 5.41 Å². The Balaban J connectivity index is 1.91. The summed E-state index contributed by atoms with van der Waals surface area (Å²) in [5, 5.41) is 8.96. The first-order valence-electron chi connectivity index (χ1n) is 6.65. The molecule has 0 radical (unpaired) electrons. The van der Waals surface area contributed by atoms with E-state index in [1.807, 2.05) is 0 Å². The predicted molar refractivity (Wildman–Crippen MR) is 67.1 cm³/mol. The normalized spacial score (nSPS) is 29.9. The maximum absolute atomic E-state index is 10.9. The fourth-order valence-electron chi connectivity index (χ4n) is 2.98. The zero-order valence-corrected chi connectivity index (χ0v) is 11.0. The summed E-state index contributed by atoms with van der Waals surface area (Å²) in [4.78, 5) is 15.7. The minimum Gasteiger partial charge on any atom is -0.481 e. The molecular weight excluding hydrogens is 216 g/mol. The molecule has 0 aromatic rings. The minimum absolute atomic E-state index is 0.100. The van der Waals surface area contributed by atoms with Gasteiger partial charge in [-0.25, -0.2) is 0 Å². The van der Waals surface area contributed by atoms with Crippen LogP contribution in [0.15, 0.2) is 0 Å². The van der Waals surface area contributed by atoms with Crippen LogP contribution in [-0.2, 0) is 4.79 Å². The summed E-state index contributed by atoms with van der Waals surface area (Å²) in [5.41, 5.74) is 0.100. The Hall–Kier alpha value is -0.610. The quantitative estimate of drug-likeness (QED) is 0.803. The van der Waals surface area contributed by atoms with Gasteiger partial charge >= 0.3 is 5.97 Å². The number of carboxylic acid groups (broad SMARTS) is 1. The van der Waals surface area contributed by atoms with Crippen LogP contribution >= 0.6 is 0 Å². The van der Waals surface area contributed by atoms with Crippen molar-refractivity contribution in [3.8, 4) is 0 Å².